The minimum Gasteiger partial charge on any atom is -0.381 e. The van der Waals surface area contributed by atoms with Gasteiger partial charge in [0.2, 0.25) is 5.60 Å². The van der Waals surface area contributed by atoms with Gasteiger partial charge in [0.05, 0.1) is 17.7 Å². The molecular formula is C19H17F9N2O. The summed E-state index contributed by atoms with van der Waals surface area (Å²) in [4.78, 5) is 0. The van der Waals surface area contributed by atoms with Crippen LogP contribution in [0.2, 0.25) is 0 Å². The Morgan fingerprint density at radius 2 is 1.29 bits per heavy atom. The summed E-state index contributed by atoms with van der Waals surface area (Å²) in [7, 11) is 0. The van der Waals surface area contributed by atoms with E-state index in [9.17, 15) is 44.6 Å². The minimum absolute atomic E-state index is 0.0559. The van der Waals surface area contributed by atoms with Crippen molar-refractivity contribution in [1.29, 1.82) is 0 Å². The van der Waals surface area contributed by atoms with Gasteiger partial charge in [0, 0.05) is 12.2 Å². The van der Waals surface area contributed by atoms with E-state index >= 15 is 0 Å². The number of halogens is 9. The van der Waals surface area contributed by atoms with Crippen molar-refractivity contribution in [3.8, 4) is 0 Å². The molecule has 0 aliphatic heterocycles. The predicted molar refractivity (Wildman–Crippen MR) is 94.0 cm³/mol. The fourth-order valence-corrected chi connectivity index (χ4v) is 2.82. The van der Waals surface area contributed by atoms with E-state index in [4.69, 9.17) is 5.73 Å². The molecule has 2 rings (SSSR count). The van der Waals surface area contributed by atoms with Crippen LogP contribution in [0.3, 0.4) is 0 Å². The molecule has 0 fully saturated rings. The fourth-order valence-electron chi connectivity index (χ4n) is 2.82. The van der Waals surface area contributed by atoms with Crippen molar-refractivity contribution in [2.45, 2.75) is 37.6 Å². The van der Waals surface area contributed by atoms with Crippen molar-refractivity contribution < 1.29 is 44.6 Å². The number of aryl methyl sites for hydroxylation is 1. The first-order valence-electron chi connectivity index (χ1n) is 8.61. The molecule has 0 saturated carbocycles. The summed E-state index contributed by atoms with van der Waals surface area (Å²) in [6.07, 6.45) is -16.3. The van der Waals surface area contributed by atoms with Crippen LogP contribution in [0.15, 0.2) is 36.4 Å². The molecular weight excluding hydrogens is 443 g/mol. The lowest BCUT2D eigenvalue weighted by Gasteiger charge is -2.32. The second-order valence-electron chi connectivity index (χ2n) is 6.85. The lowest BCUT2D eigenvalue weighted by molar-refractivity contribution is -0.261. The molecule has 2 aromatic carbocycles. The van der Waals surface area contributed by atoms with Crippen LogP contribution in [-0.4, -0.2) is 17.8 Å². The highest BCUT2D eigenvalue weighted by atomic mass is 19.4. The lowest BCUT2D eigenvalue weighted by Crippen LogP contribution is -2.48. The maximum absolute atomic E-state index is 13.7. The minimum atomic E-state index is -5.60. The molecule has 3 nitrogen and oxygen atoms in total. The van der Waals surface area contributed by atoms with Crippen molar-refractivity contribution >= 4 is 5.69 Å². The molecule has 0 bridgehead atoms. The molecule has 0 aliphatic carbocycles. The van der Waals surface area contributed by atoms with Crippen LogP contribution in [-0.2, 0) is 24.5 Å². The van der Waals surface area contributed by atoms with E-state index in [1.807, 2.05) is 0 Å². The normalized spacial score (nSPS) is 15.0. The van der Waals surface area contributed by atoms with Crippen LogP contribution in [0.25, 0.3) is 0 Å². The third-order valence-corrected chi connectivity index (χ3v) is 4.65. The first-order valence-corrected chi connectivity index (χ1v) is 8.61. The first kappa shape index (κ1) is 24.8. The molecule has 0 amide bonds. The Kier molecular flexibility index (Phi) is 6.58. The van der Waals surface area contributed by atoms with Crippen LogP contribution in [0, 0.1) is 6.92 Å². The number of hydrogen-bond donors (Lipinski definition) is 3. The van der Waals surface area contributed by atoms with Crippen LogP contribution in [0.1, 0.15) is 27.8 Å². The number of rotatable bonds is 5. The monoisotopic (exact) mass is 460 g/mol. The fraction of sp³-hybridized carbons (Fsp3) is 0.368. The topological polar surface area (TPSA) is 58.3 Å². The van der Waals surface area contributed by atoms with Gasteiger partial charge in [-0.3, -0.25) is 0 Å². The molecule has 0 unspecified atom stereocenters. The molecule has 0 aromatic heterocycles. The average molecular weight is 460 g/mol. The maximum Gasteiger partial charge on any atom is 0.423 e. The summed E-state index contributed by atoms with van der Waals surface area (Å²) in [6, 6.07) is 3.57. The first-order chi connectivity index (χ1) is 14.0. The smallest absolute Gasteiger partial charge is 0.381 e. The molecule has 0 saturated heterocycles. The molecule has 0 spiro atoms. The number of hydrogen-bond acceptors (Lipinski definition) is 3. The molecule has 0 radical (unpaired) electrons. The van der Waals surface area contributed by atoms with Gasteiger partial charge in [-0.1, -0.05) is 6.07 Å². The van der Waals surface area contributed by atoms with Crippen molar-refractivity contribution in [3.05, 3.63) is 64.2 Å². The largest absolute Gasteiger partial charge is 0.423 e. The number of nitrogens with one attached hydrogen (secondary N) is 1. The standard InChI is InChI=1S/C19H17F9N2O/c1-10-4-15(3-2-11(10)8-29)30-9-16(31,19(26,27)28)12-5-13(17(20,21)22)7-14(6-12)18(23,24)25/h2-7,30-31H,8-9,29H2,1H3/t16-/m1/s1. The van der Waals surface area contributed by atoms with E-state index in [2.05, 4.69) is 5.32 Å². The zero-order valence-electron chi connectivity index (χ0n) is 15.8. The molecule has 4 N–H and O–H groups in total. The number of benzene rings is 2. The van der Waals surface area contributed by atoms with E-state index in [-0.39, 0.29) is 30.4 Å². The second kappa shape index (κ2) is 8.23. The Labute approximate surface area is 170 Å². The van der Waals surface area contributed by atoms with Crippen molar-refractivity contribution in [1.82, 2.24) is 0 Å². The van der Waals surface area contributed by atoms with Crippen molar-refractivity contribution in [2.75, 3.05) is 11.9 Å². The number of aliphatic hydroxyl groups is 1. The molecule has 2 aromatic rings. The summed E-state index contributed by atoms with van der Waals surface area (Å²) in [6.45, 7) is 0.311. The molecule has 0 heterocycles. The third-order valence-electron chi connectivity index (χ3n) is 4.65. The van der Waals surface area contributed by atoms with E-state index in [1.165, 1.54) is 18.2 Å². The van der Waals surface area contributed by atoms with Crippen LogP contribution in [0.4, 0.5) is 45.2 Å². The quantitative estimate of drug-likeness (QED) is 0.527. The summed E-state index contributed by atoms with van der Waals surface area (Å²) >= 11 is 0. The lowest BCUT2D eigenvalue weighted by atomic mass is 9.89. The number of nitrogens with two attached hydrogens (primary N) is 1. The van der Waals surface area contributed by atoms with Gasteiger partial charge in [-0.15, -0.1) is 0 Å². The average Bonchev–Trinajstić information content (AvgIpc) is 2.63. The Morgan fingerprint density at radius 3 is 1.68 bits per heavy atom. The zero-order chi connectivity index (χ0) is 23.8. The highest BCUT2D eigenvalue weighted by Crippen LogP contribution is 2.44. The van der Waals surface area contributed by atoms with Crippen LogP contribution < -0.4 is 11.1 Å². The molecule has 1 atom stereocenters. The molecule has 31 heavy (non-hydrogen) atoms. The van der Waals surface area contributed by atoms with Crippen molar-refractivity contribution in [3.63, 3.8) is 0 Å². The van der Waals surface area contributed by atoms with Crippen LogP contribution >= 0.6 is 0 Å². The van der Waals surface area contributed by atoms with Gasteiger partial charge < -0.3 is 16.2 Å². The highest BCUT2D eigenvalue weighted by Gasteiger charge is 2.56. The van der Waals surface area contributed by atoms with E-state index in [0.29, 0.717) is 11.1 Å². The summed E-state index contributed by atoms with van der Waals surface area (Å²) in [5.74, 6) is 0. The molecule has 12 heteroatoms. The predicted octanol–water partition coefficient (Wildman–Crippen LogP) is 5.35. The second-order valence-corrected chi connectivity index (χ2v) is 6.85. The summed E-state index contributed by atoms with van der Waals surface area (Å²) in [5, 5.41) is 12.5. The Morgan fingerprint density at radius 1 is 0.806 bits per heavy atom. The van der Waals surface area contributed by atoms with Gasteiger partial charge in [0.25, 0.3) is 0 Å². The van der Waals surface area contributed by atoms with Gasteiger partial charge in [-0.05, 0) is 53.9 Å². The Balaban J connectivity index is 2.56. The zero-order valence-corrected chi connectivity index (χ0v) is 15.8. The van der Waals surface area contributed by atoms with Gasteiger partial charge in [-0.25, -0.2) is 0 Å². The maximum atomic E-state index is 13.7. The Bertz CT molecular complexity index is 903. The third kappa shape index (κ3) is 5.42. The van der Waals surface area contributed by atoms with Gasteiger partial charge in [0.15, 0.2) is 0 Å². The van der Waals surface area contributed by atoms with Gasteiger partial charge in [0.1, 0.15) is 0 Å². The molecule has 0 aliphatic rings. The SMILES string of the molecule is Cc1cc(NC[C@@](O)(c2cc(C(F)(F)F)cc(C(F)(F)F)c2)C(F)(F)F)ccc1CN. The van der Waals surface area contributed by atoms with Gasteiger partial charge in [-0.2, -0.15) is 39.5 Å². The van der Waals surface area contributed by atoms with Crippen LogP contribution in [0.5, 0.6) is 0 Å². The highest BCUT2D eigenvalue weighted by molar-refractivity contribution is 5.49. The Hall–Kier alpha value is -2.47. The van der Waals surface area contributed by atoms with Gasteiger partial charge >= 0.3 is 18.5 Å². The van der Waals surface area contributed by atoms with E-state index < -0.39 is 47.4 Å². The summed E-state index contributed by atoms with van der Waals surface area (Å²) < 4.78 is 119. The summed E-state index contributed by atoms with van der Waals surface area (Å²) in [5.41, 5.74) is -2.78. The number of anilines is 1. The van der Waals surface area contributed by atoms with E-state index in [0.717, 1.165) is 0 Å². The number of alkyl halides is 9. The van der Waals surface area contributed by atoms with E-state index in [1.54, 1.807) is 6.92 Å². The molecule has 172 valence electrons. The van der Waals surface area contributed by atoms with Crippen molar-refractivity contribution in [2.24, 2.45) is 5.73 Å².